The van der Waals surface area contributed by atoms with E-state index in [1.807, 2.05) is 0 Å². The highest BCUT2D eigenvalue weighted by Gasteiger charge is 2.27. The van der Waals surface area contributed by atoms with Gasteiger partial charge in [0, 0.05) is 29.1 Å². The Morgan fingerprint density at radius 2 is 2.46 bits per heavy atom. The van der Waals surface area contributed by atoms with Crippen LogP contribution in [0.5, 0.6) is 0 Å². The van der Waals surface area contributed by atoms with E-state index in [4.69, 9.17) is 0 Å². The predicted molar refractivity (Wildman–Crippen MR) is 57.7 cm³/mol. The van der Waals surface area contributed by atoms with Gasteiger partial charge in [-0.1, -0.05) is 0 Å². The first-order valence-corrected chi connectivity index (χ1v) is 5.37. The minimum absolute atomic E-state index is 0.0164. The van der Waals surface area contributed by atoms with Crippen molar-refractivity contribution in [1.29, 1.82) is 0 Å². The lowest BCUT2D eigenvalue weighted by atomic mass is 10.1. The maximum Gasteiger partial charge on any atom is 0.240 e. The molecule has 1 saturated heterocycles. The fourth-order valence-electron chi connectivity index (χ4n) is 1.52. The lowest BCUT2D eigenvalue weighted by Gasteiger charge is -2.30. The fraction of sp³-hybridized carbons (Fsp3) is 0.750. The van der Waals surface area contributed by atoms with E-state index in [2.05, 4.69) is 5.32 Å². The Bertz CT molecular complexity index is 220. The van der Waals surface area contributed by atoms with Crippen molar-refractivity contribution in [3.8, 4) is 0 Å². The van der Waals surface area contributed by atoms with Crippen LogP contribution in [0.1, 0.15) is 12.8 Å². The van der Waals surface area contributed by atoms with Gasteiger partial charge in [-0.2, -0.15) is 0 Å². The highest BCUT2D eigenvalue weighted by molar-refractivity contribution is 14.1. The van der Waals surface area contributed by atoms with Crippen LogP contribution in [0.2, 0.25) is 0 Å². The van der Waals surface area contributed by atoms with Gasteiger partial charge in [0.25, 0.3) is 0 Å². The molecular formula is C8H13IN2O2. The number of piperidine rings is 1. The van der Waals surface area contributed by atoms with Crippen LogP contribution in [0.25, 0.3) is 0 Å². The second-order valence-electron chi connectivity index (χ2n) is 3.10. The third-order valence-electron chi connectivity index (χ3n) is 2.19. The molecule has 1 atom stereocenters. The third-order valence-corrected chi connectivity index (χ3v) is 2.54. The van der Waals surface area contributed by atoms with E-state index < -0.39 is 0 Å². The van der Waals surface area contributed by atoms with E-state index >= 15 is 0 Å². The Balaban J connectivity index is 2.54. The number of rotatable bonds is 3. The monoisotopic (exact) mass is 296 g/mol. The van der Waals surface area contributed by atoms with Gasteiger partial charge >= 0.3 is 0 Å². The van der Waals surface area contributed by atoms with Gasteiger partial charge in [0.1, 0.15) is 0 Å². The van der Waals surface area contributed by atoms with Gasteiger partial charge in [-0.15, -0.1) is 0 Å². The van der Waals surface area contributed by atoms with Gasteiger partial charge in [-0.3, -0.25) is 9.59 Å². The number of hydrogen-bond donors (Lipinski definition) is 1. The molecule has 4 nitrogen and oxygen atoms in total. The quantitative estimate of drug-likeness (QED) is 0.596. The molecule has 0 aromatic rings. The number of amides is 1. The zero-order valence-electron chi connectivity index (χ0n) is 7.55. The van der Waals surface area contributed by atoms with Crippen LogP contribution in [0, 0.1) is 0 Å². The highest BCUT2D eigenvalue weighted by atomic mass is 127. The van der Waals surface area contributed by atoms with E-state index in [0.29, 0.717) is 6.54 Å². The normalized spacial score (nSPS) is 23.4. The molecule has 1 fully saturated rings. The molecule has 1 aliphatic heterocycles. The minimum atomic E-state index is -0.0931. The second kappa shape index (κ2) is 4.90. The maximum absolute atomic E-state index is 11.6. The lowest BCUT2D eigenvalue weighted by Crippen LogP contribution is -2.50. The number of nitrogens with zero attached hydrogens (tertiary/aromatic N) is 1. The molecule has 0 radical (unpaired) electrons. The Hall–Kier alpha value is -0.170. The van der Waals surface area contributed by atoms with Crippen molar-refractivity contribution >= 4 is 32.3 Å². The summed E-state index contributed by atoms with van der Waals surface area (Å²) in [6.07, 6.45) is 1.85. The van der Waals surface area contributed by atoms with Crippen molar-refractivity contribution in [2.24, 2.45) is 0 Å². The Morgan fingerprint density at radius 1 is 1.77 bits per heavy atom. The highest BCUT2D eigenvalue weighted by Crippen LogP contribution is 2.11. The molecule has 5 heteroatoms. The summed E-state index contributed by atoms with van der Waals surface area (Å²) in [6, 6.07) is -0.0931. The molecule has 0 aliphatic carbocycles. The number of carbonyl (C=O) groups excluding carboxylic acids is 2. The van der Waals surface area contributed by atoms with E-state index in [1.54, 1.807) is 34.5 Å². The average Bonchev–Trinajstić information content (AvgIpc) is 2.08. The minimum Gasteiger partial charge on any atom is -0.333 e. The number of carbonyl (C=O) groups is 2. The van der Waals surface area contributed by atoms with Crippen molar-refractivity contribution in [3.05, 3.63) is 0 Å². The maximum atomic E-state index is 11.6. The first-order valence-electron chi connectivity index (χ1n) is 4.29. The molecule has 0 aromatic carbocycles. The van der Waals surface area contributed by atoms with Crippen molar-refractivity contribution in [2.45, 2.75) is 18.9 Å². The molecule has 0 aromatic heterocycles. The van der Waals surface area contributed by atoms with Gasteiger partial charge in [-0.05, 0) is 19.9 Å². The Kier molecular flexibility index (Phi) is 4.11. The number of halogens is 1. The van der Waals surface area contributed by atoms with Gasteiger partial charge in [-0.25, -0.2) is 0 Å². The predicted octanol–water partition coefficient (Wildman–Crippen LogP) is 0.158. The van der Waals surface area contributed by atoms with Gasteiger partial charge in [0.15, 0.2) is 0 Å². The number of likely N-dealkylation sites (N-methyl/N-ethyl adjacent to an activating group) is 1. The number of hydrogen-bond acceptors (Lipinski definition) is 3. The van der Waals surface area contributed by atoms with Crippen molar-refractivity contribution in [3.63, 3.8) is 0 Å². The Labute approximate surface area is 91.2 Å². The molecule has 0 unspecified atom stereocenters. The van der Waals surface area contributed by atoms with Crippen LogP contribution in [0.4, 0.5) is 0 Å². The molecule has 1 amide bonds. The average molecular weight is 296 g/mol. The molecule has 74 valence electrons. The molecule has 1 aliphatic rings. The van der Waals surface area contributed by atoms with E-state index in [0.717, 1.165) is 12.8 Å². The molecule has 0 bridgehead atoms. The van der Waals surface area contributed by atoms with Gasteiger partial charge in [0.2, 0.25) is 9.70 Å². The van der Waals surface area contributed by atoms with Crippen molar-refractivity contribution in [2.75, 3.05) is 20.1 Å². The fourth-order valence-corrected chi connectivity index (χ4v) is 1.93. The van der Waals surface area contributed by atoms with Crippen LogP contribution in [0.3, 0.4) is 0 Å². The first-order chi connectivity index (χ1) is 6.15. The molecule has 1 N–H and O–H groups in total. The van der Waals surface area contributed by atoms with Crippen LogP contribution in [-0.2, 0) is 9.59 Å². The van der Waals surface area contributed by atoms with Crippen LogP contribution in [0.15, 0.2) is 0 Å². The van der Waals surface area contributed by atoms with Crippen molar-refractivity contribution in [1.82, 2.24) is 10.2 Å². The second-order valence-corrected chi connectivity index (χ2v) is 4.30. The van der Waals surface area contributed by atoms with Gasteiger partial charge < -0.3 is 10.2 Å². The Morgan fingerprint density at radius 3 is 3.00 bits per heavy atom. The number of likely N-dealkylation sites (tertiary alicyclic amines) is 1. The summed E-state index contributed by atoms with van der Waals surface area (Å²) < 4.78 is 0.0164. The summed E-state index contributed by atoms with van der Waals surface area (Å²) in [5, 5.41) is 2.95. The summed E-state index contributed by atoms with van der Waals surface area (Å²) in [4.78, 5) is 24.0. The van der Waals surface area contributed by atoms with E-state index in [1.165, 1.54) is 0 Å². The zero-order chi connectivity index (χ0) is 9.84. The molecular weight excluding hydrogens is 283 g/mol. The molecule has 0 spiro atoms. The number of nitrogens with one attached hydrogen (secondary N) is 1. The van der Waals surface area contributed by atoms with E-state index in [9.17, 15) is 9.59 Å². The lowest BCUT2D eigenvalue weighted by molar-refractivity contribution is -0.137. The third kappa shape index (κ3) is 2.91. The SMILES string of the molecule is CN[C@@H]1CCCN(CC(=O)I)C1=O. The summed E-state index contributed by atoms with van der Waals surface area (Å²) in [7, 11) is 1.78. The van der Waals surface area contributed by atoms with Crippen molar-refractivity contribution < 1.29 is 9.59 Å². The summed E-state index contributed by atoms with van der Waals surface area (Å²) in [5.41, 5.74) is 0. The van der Waals surface area contributed by atoms with Crippen LogP contribution in [-0.4, -0.2) is 40.8 Å². The van der Waals surface area contributed by atoms with Crippen LogP contribution < -0.4 is 5.32 Å². The smallest absolute Gasteiger partial charge is 0.240 e. The molecule has 1 rings (SSSR count). The largest absolute Gasteiger partial charge is 0.333 e. The summed E-state index contributed by atoms with van der Waals surface area (Å²) in [5.74, 6) is 0.0544. The first kappa shape index (κ1) is 10.9. The standard InChI is InChI=1S/C8H13IN2O2/c1-10-6-3-2-4-11(8(6)13)5-7(9)12/h6,10H,2-5H2,1H3/t6-/m1/s1. The topological polar surface area (TPSA) is 49.4 Å². The molecule has 13 heavy (non-hydrogen) atoms. The van der Waals surface area contributed by atoms with Gasteiger partial charge in [0.05, 0.1) is 12.6 Å². The molecule has 0 saturated carbocycles. The van der Waals surface area contributed by atoms with Crippen LogP contribution >= 0.6 is 22.6 Å². The molecule has 1 heterocycles. The van der Waals surface area contributed by atoms with E-state index in [-0.39, 0.29) is 22.3 Å². The summed E-state index contributed by atoms with van der Waals surface area (Å²) >= 11 is 1.72. The summed E-state index contributed by atoms with van der Waals surface area (Å²) in [6.45, 7) is 0.962. The zero-order valence-corrected chi connectivity index (χ0v) is 9.70.